The van der Waals surface area contributed by atoms with E-state index in [1.165, 1.54) is 51.4 Å². The van der Waals surface area contributed by atoms with Gasteiger partial charge >= 0.3 is 0 Å². The van der Waals surface area contributed by atoms with Crippen molar-refractivity contribution in [3.63, 3.8) is 0 Å². The smallest absolute Gasteiger partial charge is 0.127 e. The lowest BCUT2D eigenvalue weighted by Gasteiger charge is -2.44. The lowest BCUT2D eigenvalue weighted by Crippen LogP contribution is -2.54. The molecule has 0 bridgehead atoms. The standard InChI is InChI=1S/C26H34N4OS/c27-19-20-9-11-22(12-10-20)30-24(28-21-7-3-1-4-8-21)23(29-15-17-31-18-16-29)26(25(30)32)13-5-2-6-14-26/h9-12,21,23H,1-8,13-18H2/t23-/m0/s1. The molecule has 2 saturated carbocycles. The zero-order valence-corrected chi connectivity index (χ0v) is 19.8. The third-order valence-corrected chi connectivity index (χ3v) is 8.52. The first-order chi connectivity index (χ1) is 15.7. The lowest BCUT2D eigenvalue weighted by atomic mass is 9.70. The molecule has 1 atom stereocenters. The Balaban J connectivity index is 1.61. The van der Waals surface area contributed by atoms with Crippen LogP contribution in [0.3, 0.4) is 0 Å². The molecule has 32 heavy (non-hydrogen) atoms. The normalized spacial score (nSPS) is 28.3. The molecule has 4 aliphatic rings. The Morgan fingerprint density at radius 1 is 0.969 bits per heavy atom. The Morgan fingerprint density at radius 3 is 2.28 bits per heavy atom. The molecule has 0 aromatic heterocycles. The molecule has 2 aliphatic carbocycles. The predicted molar refractivity (Wildman–Crippen MR) is 132 cm³/mol. The number of nitriles is 1. The zero-order valence-electron chi connectivity index (χ0n) is 19.0. The molecule has 5 rings (SSSR count). The van der Waals surface area contributed by atoms with Gasteiger partial charge in [-0.1, -0.05) is 50.7 Å². The van der Waals surface area contributed by atoms with E-state index >= 15 is 0 Å². The molecule has 2 heterocycles. The highest BCUT2D eigenvalue weighted by Crippen LogP contribution is 2.50. The van der Waals surface area contributed by atoms with Crippen molar-refractivity contribution in [1.82, 2.24) is 4.90 Å². The predicted octanol–water partition coefficient (Wildman–Crippen LogP) is 5.09. The van der Waals surface area contributed by atoms with Gasteiger partial charge in [0.1, 0.15) is 5.84 Å². The molecule has 0 radical (unpaired) electrons. The molecule has 0 amide bonds. The van der Waals surface area contributed by atoms with E-state index < -0.39 is 0 Å². The molecule has 0 unspecified atom stereocenters. The van der Waals surface area contributed by atoms with Crippen molar-refractivity contribution in [1.29, 1.82) is 5.26 Å². The van der Waals surface area contributed by atoms with Crippen LogP contribution in [0.4, 0.5) is 5.69 Å². The van der Waals surface area contributed by atoms with Crippen LogP contribution in [0.25, 0.3) is 0 Å². The summed E-state index contributed by atoms with van der Waals surface area (Å²) in [6.45, 7) is 3.46. The summed E-state index contributed by atoms with van der Waals surface area (Å²) >= 11 is 6.33. The highest BCUT2D eigenvalue weighted by atomic mass is 32.1. The van der Waals surface area contributed by atoms with Gasteiger partial charge in [0.2, 0.25) is 0 Å². The van der Waals surface area contributed by atoms with Crippen molar-refractivity contribution in [2.45, 2.75) is 76.3 Å². The second-order valence-electron chi connectivity index (χ2n) is 9.85. The number of ether oxygens (including phenoxy) is 1. The van der Waals surface area contributed by atoms with Crippen molar-refractivity contribution in [3.8, 4) is 6.07 Å². The third kappa shape index (κ3) is 4.00. The summed E-state index contributed by atoms with van der Waals surface area (Å²) in [6, 6.07) is 10.8. The molecule has 170 valence electrons. The molecule has 4 fully saturated rings. The molecule has 1 spiro atoms. The number of hydrogen-bond acceptors (Lipinski definition) is 5. The number of hydrogen-bond donors (Lipinski definition) is 0. The van der Waals surface area contributed by atoms with Crippen molar-refractivity contribution < 1.29 is 4.74 Å². The van der Waals surface area contributed by atoms with Gasteiger partial charge in [0.15, 0.2) is 0 Å². The minimum Gasteiger partial charge on any atom is -0.379 e. The summed E-state index contributed by atoms with van der Waals surface area (Å²) in [5, 5.41) is 9.29. The van der Waals surface area contributed by atoms with E-state index in [1.54, 1.807) is 0 Å². The van der Waals surface area contributed by atoms with Crippen LogP contribution < -0.4 is 4.90 Å². The van der Waals surface area contributed by atoms with Crippen LogP contribution in [0, 0.1) is 16.7 Å². The van der Waals surface area contributed by atoms with E-state index in [1.807, 2.05) is 12.1 Å². The molecular formula is C26H34N4OS. The van der Waals surface area contributed by atoms with Crippen LogP contribution in [0.1, 0.15) is 69.8 Å². The average Bonchev–Trinajstić information content (AvgIpc) is 3.07. The molecular weight excluding hydrogens is 416 g/mol. The third-order valence-electron chi connectivity index (χ3n) is 7.93. The van der Waals surface area contributed by atoms with E-state index in [0.717, 1.165) is 55.7 Å². The summed E-state index contributed by atoms with van der Waals surface area (Å²) in [4.78, 5) is 11.5. The summed E-state index contributed by atoms with van der Waals surface area (Å²) in [7, 11) is 0. The summed E-state index contributed by atoms with van der Waals surface area (Å²) in [5.74, 6) is 1.16. The van der Waals surface area contributed by atoms with Gasteiger partial charge in [0, 0.05) is 24.2 Å². The number of aliphatic imine (C=N–C) groups is 1. The maximum absolute atomic E-state index is 9.29. The highest BCUT2D eigenvalue weighted by Gasteiger charge is 2.57. The summed E-state index contributed by atoms with van der Waals surface area (Å²) in [5.41, 5.74) is 1.72. The number of morpholine rings is 1. The molecule has 0 N–H and O–H groups in total. The van der Waals surface area contributed by atoms with Crippen LogP contribution in [-0.4, -0.2) is 54.1 Å². The summed E-state index contributed by atoms with van der Waals surface area (Å²) < 4.78 is 5.73. The van der Waals surface area contributed by atoms with Gasteiger partial charge in [-0.25, -0.2) is 0 Å². The number of thiocarbonyl (C=S) groups is 1. The fourth-order valence-electron chi connectivity index (χ4n) is 6.29. The summed E-state index contributed by atoms with van der Waals surface area (Å²) in [6.07, 6.45) is 12.3. The first kappa shape index (κ1) is 22.0. The van der Waals surface area contributed by atoms with Gasteiger partial charge in [0.25, 0.3) is 0 Å². The first-order valence-electron chi connectivity index (χ1n) is 12.5. The number of rotatable bonds is 3. The van der Waals surface area contributed by atoms with Crippen molar-refractivity contribution in [3.05, 3.63) is 29.8 Å². The Hall–Kier alpha value is -1.81. The minimum absolute atomic E-state index is 0.0215. The molecule has 1 aromatic rings. The Morgan fingerprint density at radius 2 is 1.62 bits per heavy atom. The zero-order chi connectivity index (χ0) is 22.0. The Kier molecular flexibility index (Phi) is 6.59. The quantitative estimate of drug-likeness (QED) is 0.601. The van der Waals surface area contributed by atoms with E-state index in [0.29, 0.717) is 11.6 Å². The molecule has 6 heteroatoms. The van der Waals surface area contributed by atoms with Gasteiger partial charge in [-0.3, -0.25) is 14.8 Å². The van der Waals surface area contributed by atoms with Crippen molar-refractivity contribution in [2.24, 2.45) is 10.4 Å². The minimum atomic E-state index is -0.0215. The van der Waals surface area contributed by atoms with Crippen LogP contribution in [-0.2, 0) is 4.74 Å². The van der Waals surface area contributed by atoms with Crippen LogP contribution in [0.2, 0.25) is 0 Å². The fraction of sp³-hybridized carbons (Fsp3) is 0.654. The first-order valence-corrected chi connectivity index (χ1v) is 12.9. The van der Waals surface area contributed by atoms with E-state index in [9.17, 15) is 5.26 Å². The van der Waals surface area contributed by atoms with Crippen LogP contribution >= 0.6 is 12.2 Å². The average molecular weight is 451 g/mol. The number of benzene rings is 1. The number of anilines is 1. The number of nitrogens with zero attached hydrogens (tertiary/aromatic N) is 4. The van der Waals surface area contributed by atoms with Crippen molar-refractivity contribution in [2.75, 3.05) is 31.2 Å². The molecule has 2 aliphatic heterocycles. The molecule has 2 saturated heterocycles. The van der Waals surface area contributed by atoms with Gasteiger partial charge < -0.3 is 4.74 Å². The van der Waals surface area contributed by atoms with Gasteiger partial charge in [-0.15, -0.1) is 0 Å². The Labute approximate surface area is 197 Å². The van der Waals surface area contributed by atoms with Crippen LogP contribution in [0.15, 0.2) is 29.3 Å². The van der Waals surface area contributed by atoms with Gasteiger partial charge in [-0.2, -0.15) is 5.26 Å². The van der Waals surface area contributed by atoms with E-state index in [4.69, 9.17) is 21.9 Å². The van der Waals surface area contributed by atoms with Crippen molar-refractivity contribution >= 4 is 28.7 Å². The number of amidine groups is 1. The SMILES string of the molecule is N#Cc1ccc(N2C(=S)C3(CCCCC3)[C@@H](N3CCOCC3)C2=NC2CCCCC2)cc1. The Bertz CT molecular complexity index is 887. The maximum Gasteiger partial charge on any atom is 0.127 e. The monoisotopic (exact) mass is 450 g/mol. The van der Waals surface area contributed by atoms with Gasteiger partial charge in [0.05, 0.1) is 41.9 Å². The fourth-order valence-corrected chi connectivity index (χ4v) is 6.81. The maximum atomic E-state index is 9.29. The topological polar surface area (TPSA) is 51.9 Å². The molecule has 1 aromatic carbocycles. The van der Waals surface area contributed by atoms with E-state index in [-0.39, 0.29) is 11.5 Å². The second kappa shape index (κ2) is 9.59. The van der Waals surface area contributed by atoms with E-state index in [2.05, 4.69) is 28.0 Å². The largest absolute Gasteiger partial charge is 0.379 e. The van der Waals surface area contributed by atoms with Crippen LogP contribution in [0.5, 0.6) is 0 Å². The lowest BCUT2D eigenvalue weighted by molar-refractivity contribution is 0.00761. The highest BCUT2D eigenvalue weighted by molar-refractivity contribution is 7.80. The molecule has 5 nitrogen and oxygen atoms in total. The second-order valence-corrected chi connectivity index (χ2v) is 10.2. The van der Waals surface area contributed by atoms with Gasteiger partial charge in [-0.05, 0) is 49.9 Å².